The maximum Gasteiger partial charge on any atom is 0.220 e. The van der Waals surface area contributed by atoms with Crippen LogP contribution in [-0.2, 0) is 14.3 Å². The van der Waals surface area contributed by atoms with Gasteiger partial charge in [-0.25, -0.2) is 0 Å². The summed E-state index contributed by atoms with van der Waals surface area (Å²) < 4.78 is 5.72. The number of ether oxygens (including phenoxy) is 1. The zero-order valence-corrected chi connectivity index (χ0v) is 15.2. The minimum Gasteiger partial charge on any atom is -0.376 e. The van der Waals surface area contributed by atoms with Crippen molar-refractivity contribution in [1.29, 1.82) is 0 Å². The normalized spacial score (nSPS) is 27.5. The molecule has 4 nitrogen and oxygen atoms in total. The molecule has 1 aliphatic rings. The molecular weight excluding hydrogens is 278 g/mol. The van der Waals surface area contributed by atoms with Gasteiger partial charge in [-0.3, -0.25) is 9.59 Å². The van der Waals surface area contributed by atoms with Crippen molar-refractivity contribution in [2.24, 2.45) is 17.3 Å². The second-order valence-electron chi connectivity index (χ2n) is 8.22. The highest BCUT2D eigenvalue weighted by molar-refractivity contribution is 5.90. The van der Waals surface area contributed by atoms with Crippen molar-refractivity contribution < 1.29 is 14.3 Å². The van der Waals surface area contributed by atoms with E-state index in [2.05, 4.69) is 19.2 Å². The van der Waals surface area contributed by atoms with Crippen LogP contribution in [0.1, 0.15) is 67.7 Å². The number of nitrogens with one attached hydrogen (secondary N) is 1. The van der Waals surface area contributed by atoms with E-state index in [1.165, 1.54) is 0 Å². The Morgan fingerprint density at radius 1 is 1.14 bits per heavy atom. The lowest BCUT2D eigenvalue weighted by Crippen LogP contribution is -2.51. The minimum absolute atomic E-state index is 0.0137. The van der Waals surface area contributed by atoms with Crippen LogP contribution in [0.4, 0.5) is 0 Å². The average Bonchev–Trinajstić information content (AvgIpc) is 2.32. The van der Waals surface area contributed by atoms with Gasteiger partial charge in [0.2, 0.25) is 5.91 Å². The van der Waals surface area contributed by atoms with E-state index in [0.29, 0.717) is 12.3 Å². The fourth-order valence-corrected chi connectivity index (χ4v) is 3.24. The van der Waals surface area contributed by atoms with E-state index in [9.17, 15) is 9.59 Å². The first kappa shape index (κ1) is 19.1. The van der Waals surface area contributed by atoms with Gasteiger partial charge >= 0.3 is 0 Å². The van der Waals surface area contributed by atoms with E-state index in [4.69, 9.17) is 4.74 Å². The Balaban J connectivity index is 2.66. The summed E-state index contributed by atoms with van der Waals surface area (Å²) >= 11 is 0. The van der Waals surface area contributed by atoms with E-state index in [1.54, 1.807) is 0 Å². The molecule has 1 amide bonds. The summed E-state index contributed by atoms with van der Waals surface area (Å²) in [7, 11) is 0. The van der Waals surface area contributed by atoms with Gasteiger partial charge in [0, 0.05) is 12.3 Å². The second-order valence-corrected chi connectivity index (χ2v) is 8.22. The Bertz CT molecular complexity index is 388. The predicted molar refractivity (Wildman–Crippen MR) is 88.6 cm³/mol. The van der Waals surface area contributed by atoms with Gasteiger partial charge < -0.3 is 10.1 Å². The fourth-order valence-electron chi connectivity index (χ4n) is 3.24. The summed E-state index contributed by atoms with van der Waals surface area (Å²) in [4.78, 5) is 24.8. The predicted octanol–water partition coefficient (Wildman–Crippen LogP) is 3.34. The van der Waals surface area contributed by atoms with Crippen LogP contribution in [0.15, 0.2) is 0 Å². The summed E-state index contributed by atoms with van der Waals surface area (Å²) in [6.45, 7) is 13.9. The number of hydrogen-bond donors (Lipinski definition) is 1. The van der Waals surface area contributed by atoms with Gasteiger partial charge in [-0.15, -0.1) is 0 Å². The number of amides is 1. The lowest BCUT2D eigenvalue weighted by molar-refractivity contribution is -0.133. The molecule has 1 saturated heterocycles. The molecule has 0 saturated carbocycles. The second kappa shape index (κ2) is 7.58. The number of carbonyl (C=O) groups is 2. The van der Waals surface area contributed by atoms with Gasteiger partial charge in [0.15, 0.2) is 5.78 Å². The molecule has 0 aromatic rings. The van der Waals surface area contributed by atoms with E-state index < -0.39 is 6.04 Å². The maximum atomic E-state index is 12.4. The number of carbonyl (C=O) groups excluding carboxylic acids is 2. The largest absolute Gasteiger partial charge is 0.376 e. The summed E-state index contributed by atoms with van der Waals surface area (Å²) in [5, 5.41) is 2.99. The first-order chi connectivity index (χ1) is 10.0. The Morgan fingerprint density at radius 3 is 2.05 bits per heavy atom. The van der Waals surface area contributed by atoms with Crippen molar-refractivity contribution in [3.8, 4) is 0 Å². The summed E-state index contributed by atoms with van der Waals surface area (Å²) in [5.41, 5.74) is -0.271. The summed E-state index contributed by atoms with van der Waals surface area (Å²) in [5.74, 6) is 0.357. The molecule has 0 spiro atoms. The molecule has 3 unspecified atom stereocenters. The van der Waals surface area contributed by atoms with Crippen molar-refractivity contribution >= 4 is 11.7 Å². The Labute approximate surface area is 135 Å². The topological polar surface area (TPSA) is 55.4 Å². The van der Waals surface area contributed by atoms with Crippen LogP contribution in [0, 0.1) is 17.3 Å². The quantitative estimate of drug-likeness (QED) is 0.847. The molecule has 1 N–H and O–H groups in total. The van der Waals surface area contributed by atoms with Gasteiger partial charge in [0.1, 0.15) is 0 Å². The molecule has 1 aliphatic heterocycles. The zero-order valence-electron chi connectivity index (χ0n) is 15.2. The molecule has 4 heteroatoms. The molecular formula is C18H33NO3. The van der Waals surface area contributed by atoms with Gasteiger partial charge in [-0.2, -0.15) is 0 Å². The van der Waals surface area contributed by atoms with Crippen molar-refractivity contribution in [2.45, 2.75) is 86.0 Å². The Kier molecular flexibility index (Phi) is 6.60. The maximum absolute atomic E-state index is 12.4. The first-order valence-corrected chi connectivity index (χ1v) is 8.49. The van der Waals surface area contributed by atoms with E-state index >= 15 is 0 Å². The molecule has 22 heavy (non-hydrogen) atoms. The van der Waals surface area contributed by atoms with Crippen molar-refractivity contribution in [1.82, 2.24) is 5.32 Å². The SMILES string of the molecule is CC1CC(CC(=O)NC(C(=O)C(C)C)C(C)(C)C)CC(C)O1. The molecule has 0 aromatic heterocycles. The Hall–Kier alpha value is -0.900. The van der Waals surface area contributed by atoms with Gasteiger partial charge in [-0.1, -0.05) is 34.6 Å². The smallest absolute Gasteiger partial charge is 0.220 e. The van der Waals surface area contributed by atoms with Crippen LogP contribution in [0.3, 0.4) is 0 Å². The molecule has 0 aliphatic carbocycles. The molecule has 0 aromatic carbocycles. The third kappa shape index (κ3) is 5.71. The van der Waals surface area contributed by atoms with Crippen LogP contribution in [0.5, 0.6) is 0 Å². The van der Waals surface area contributed by atoms with Gasteiger partial charge in [-0.05, 0) is 38.0 Å². The lowest BCUT2D eigenvalue weighted by Gasteiger charge is -2.34. The first-order valence-electron chi connectivity index (χ1n) is 8.49. The molecule has 1 fully saturated rings. The highest BCUT2D eigenvalue weighted by Crippen LogP contribution is 2.28. The molecule has 128 valence electrons. The minimum atomic E-state index is -0.422. The number of Topliss-reactive ketones (excluding diaryl/α,β-unsaturated/α-hetero) is 1. The molecule has 0 bridgehead atoms. The zero-order chi connectivity index (χ0) is 17.1. The average molecular weight is 311 g/mol. The number of ketones is 1. The molecule has 1 heterocycles. The van der Waals surface area contributed by atoms with E-state index in [-0.39, 0.29) is 35.2 Å². The van der Waals surface area contributed by atoms with Crippen LogP contribution >= 0.6 is 0 Å². The molecule has 1 rings (SSSR count). The fraction of sp³-hybridized carbons (Fsp3) is 0.889. The third-order valence-electron chi connectivity index (χ3n) is 4.29. The monoisotopic (exact) mass is 311 g/mol. The van der Waals surface area contributed by atoms with Crippen molar-refractivity contribution in [2.75, 3.05) is 0 Å². The van der Waals surface area contributed by atoms with Crippen LogP contribution in [0.2, 0.25) is 0 Å². The van der Waals surface area contributed by atoms with Gasteiger partial charge in [0.05, 0.1) is 18.2 Å². The molecule has 3 atom stereocenters. The highest BCUT2D eigenvalue weighted by atomic mass is 16.5. The standard InChI is InChI=1S/C18H33NO3/c1-11(2)16(21)17(18(5,6)7)19-15(20)10-14-8-12(3)22-13(4)9-14/h11-14,17H,8-10H2,1-7H3,(H,19,20). The number of hydrogen-bond acceptors (Lipinski definition) is 3. The third-order valence-corrected chi connectivity index (χ3v) is 4.29. The number of rotatable bonds is 5. The van der Waals surface area contributed by atoms with E-state index in [1.807, 2.05) is 34.6 Å². The van der Waals surface area contributed by atoms with Crippen LogP contribution in [-0.4, -0.2) is 29.9 Å². The lowest BCUT2D eigenvalue weighted by atomic mass is 9.80. The highest BCUT2D eigenvalue weighted by Gasteiger charge is 2.34. The van der Waals surface area contributed by atoms with E-state index in [0.717, 1.165) is 12.8 Å². The van der Waals surface area contributed by atoms with Crippen molar-refractivity contribution in [3.05, 3.63) is 0 Å². The Morgan fingerprint density at radius 2 is 1.64 bits per heavy atom. The van der Waals surface area contributed by atoms with Crippen LogP contribution < -0.4 is 5.32 Å². The molecule has 0 radical (unpaired) electrons. The van der Waals surface area contributed by atoms with Crippen LogP contribution in [0.25, 0.3) is 0 Å². The van der Waals surface area contributed by atoms with Crippen molar-refractivity contribution in [3.63, 3.8) is 0 Å². The summed E-state index contributed by atoms with van der Waals surface area (Å²) in [6, 6.07) is -0.422. The summed E-state index contributed by atoms with van der Waals surface area (Å²) in [6.07, 6.45) is 2.72. The van der Waals surface area contributed by atoms with Gasteiger partial charge in [0.25, 0.3) is 0 Å².